The highest BCUT2D eigenvalue weighted by Gasteiger charge is 2.14. The molecule has 1 amide bonds. The molecule has 1 aromatic heterocycles. The summed E-state index contributed by atoms with van der Waals surface area (Å²) in [6.45, 7) is 9.98. The molecule has 26 heavy (non-hydrogen) atoms. The Morgan fingerprint density at radius 3 is 2.54 bits per heavy atom. The normalized spacial score (nSPS) is 11.7. The van der Waals surface area contributed by atoms with E-state index in [1.54, 1.807) is 0 Å². The second-order valence-electron chi connectivity index (χ2n) is 6.17. The van der Waals surface area contributed by atoms with Gasteiger partial charge < -0.3 is 15.2 Å². The second-order valence-corrected chi connectivity index (χ2v) is 6.17. The van der Waals surface area contributed by atoms with E-state index in [4.69, 9.17) is 5.73 Å². The maximum Gasteiger partial charge on any atom is 0.226 e. The number of benzene rings is 1. The van der Waals surface area contributed by atoms with E-state index in [1.807, 2.05) is 31.2 Å². The minimum Gasteiger partial charge on any atom is -0.328 e. The van der Waals surface area contributed by atoms with Crippen LogP contribution in [0.3, 0.4) is 0 Å². The Hall–Kier alpha value is -1.34. The summed E-state index contributed by atoms with van der Waals surface area (Å²) >= 11 is 0. The van der Waals surface area contributed by atoms with Gasteiger partial charge in [0.25, 0.3) is 0 Å². The molecule has 0 spiro atoms. The monoisotopic (exact) mass is 403 g/mol. The lowest BCUT2D eigenvalue weighted by Gasteiger charge is -2.19. The molecule has 0 aliphatic heterocycles. The van der Waals surface area contributed by atoms with Gasteiger partial charge in [-0.2, -0.15) is 0 Å². The van der Waals surface area contributed by atoms with Crippen LogP contribution < -0.4 is 11.1 Å². The number of nitrogens with one attached hydrogen (secondary N) is 1. The summed E-state index contributed by atoms with van der Waals surface area (Å²) < 4.78 is 2.09. The smallest absolute Gasteiger partial charge is 0.226 e. The van der Waals surface area contributed by atoms with E-state index in [1.165, 1.54) is 0 Å². The highest BCUT2D eigenvalue weighted by molar-refractivity contribution is 5.91. The minimum absolute atomic E-state index is 0. The van der Waals surface area contributed by atoms with Crippen LogP contribution in [0.1, 0.15) is 33.6 Å². The molecule has 0 radical (unpaired) electrons. The molecular formula is C18H31Cl2N5O. The van der Waals surface area contributed by atoms with Gasteiger partial charge in [0.1, 0.15) is 0 Å². The molecule has 0 aliphatic carbocycles. The number of nitrogens with zero attached hydrogens (tertiary/aromatic N) is 3. The molecule has 6 nitrogen and oxygen atoms in total. The number of fused-ring (bicyclic) bond motifs is 1. The molecule has 0 bridgehead atoms. The molecule has 2 rings (SSSR count). The topological polar surface area (TPSA) is 76.2 Å². The number of likely N-dealkylation sites (N-methyl/N-ethyl adjacent to an activating group) is 1. The zero-order valence-electron chi connectivity index (χ0n) is 15.8. The number of carbonyl (C=O) groups is 1. The van der Waals surface area contributed by atoms with Crippen LogP contribution in [0.5, 0.6) is 0 Å². The number of halogens is 2. The van der Waals surface area contributed by atoms with E-state index < -0.39 is 0 Å². The number of carbonyl (C=O) groups excluding carboxylic acids is 1. The van der Waals surface area contributed by atoms with Crippen molar-refractivity contribution in [2.45, 2.75) is 46.2 Å². The number of aromatic nitrogens is 2. The lowest BCUT2D eigenvalue weighted by atomic mass is 10.2. The van der Waals surface area contributed by atoms with Crippen LogP contribution >= 0.6 is 24.8 Å². The summed E-state index contributed by atoms with van der Waals surface area (Å²) in [6, 6.07) is 8.01. The average Bonchev–Trinajstić information content (AvgIpc) is 2.91. The van der Waals surface area contributed by atoms with Crippen LogP contribution in [0.25, 0.3) is 11.0 Å². The van der Waals surface area contributed by atoms with Crippen LogP contribution in [0, 0.1) is 0 Å². The standard InChI is InChI=1S/C18H29N5O.2ClH/c1-4-22(5-2)12-13-23-16-9-7-6-8-15(16)20-18(23)21-17(24)11-10-14(3)19;;/h6-9,14H,4-5,10-13,19H2,1-3H3,(H,20,21,24);2*1H. The van der Waals surface area contributed by atoms with Crippen LogP contribution in [0.4, 0.5) is 5.95 Å². The van der Waals surface area contributed by atoms with Crippen molar-refractivity contribution in [1.82, 2.24) is 14.5 Å². The predicted molar refractivity (Wildman–Crippen MR) is 114 cm³/mol. The third-order valence-electron chi connectivity index (χ3n) is 4.27. The van der Waals surface area contributed by atoms with Crippen molar-refractivity contribution < 1.29 is 4.79 Å². The molecule has 8 heteroatoms. The summed E-state index contributed by atoms with van der Waals surface area (Å²) in [5.74, 6) is 0.588. The number of hydrogen-bond donors (Lipinski definition) is 2. The van der Waals surface area contributed by atoms with E-state index >= 15 is 0 Å². The second kappa shape index (κ2) is 12.1. The minimum atomic E-state index is -0.0355. The van der Waals surface area contributed by atoms with Crippen LogP contribution in [-0.2, 0) is 11.3 Å². The maximum absolute atomic E-state index is 12.2. The van der Waals surface area contributed by atoms with Gasteiger partial charge in [-0.1, -0.05) is 26.0 Å². The summed E-state index contributed by atoms with van der Waals surface area (Å²) in [5, 5.41) is 2.95. The summed E-state index contributed by atoms with van der Waals surface area (Å²) in [5.41, 5.74) is 7.68. The third-order valence-corrected chi connectivity index (χ3v) is 4.27. The fraction of sp³-hybridized carbons (Fsp3) is 0.556. The number of hydrogen-bond acceptors (Lipinski definition) is 4. The number of amides is 1. The summed E-state index contributed by atoms with van der Waals surface area (Å²) in [6.07, 6.45) is 1.09. The lowest BCUT2D eigenvalue weighted by Crippen LogP contribution is -2.28. The van der Waals surface area contributed by atoms with E-state index in [-0.39, 0.29) is 36.8 Å². The van der Waals surface area contributed by atoms with E-state index in [0.29, 0.717) is 18.8 Å². The molecule has 2 aromatic rings. The Kier molecular flexibility index (Phi) is 11.5. The van der Waals surface area contributed by atoms with Gasteiger partial charge in [-0.15, -0.1) is 24.8 Å². The molecule has 1 heterocycles. The average molecular weight is 404 g/mol. The molecule has 3 N–H and O–H groups in total. The Bertz CT molecular complexity index is 671. The highest BCUT2D eigenvalue weighted by Crippen LogP contribution is 2.20. The Morgan fingerprint density at radius 2 is 1.92 bits per heavy atom. The quantitative estimate of drug-likeness (QED) is 0.673. The molecule has 0 aliphatic rings. The third kappa shape index (κ3) is 6.76. The SMILES string of the molecule is CCN(CC)CCn1c(NC(=O)CCC(C)N)nc2ccccc21.Cl.Cl. The highest BCUT2D eigenvalue weighted by atomic mass is 35.5. The Balaban J connectivity index is 0.00000312. The van der Waals surface area contributed by atoms with Gasteiger partial charge in [0.15, 0.2) is 0 Å². The molecule has 1 aromatic carbocycles. The van der Waals surface area contributed by atoms with Gasteiger partial charge in [-0.3, -0.25) is 10.1 Å². The first-order valence-electron chi connectivity index (χ1n) is 8.78. The van der Waals surface area contributed by atoms with Crippen molar-refractivity contribution in [3.8, 4) is 0 Å². The van der Waals surface area contributed by atoms with Gasteiger partial charge in [-0.05, 0) is 38.6 Å². The Labute approximate surface area is 168 Å². The number of para-hydroxylation sites is 2. The number of imidazole rings is 1. The van der Waals surface area contributed by atoms with Gasteiger partial charge in [-0.25, -0.2) is 4.98 Å². The summed E-state index contributed by atoms with van der Waals surface area (Å²) in [4.78, 5) is 19.1. The molecule has 0 saturated heterocycles. The van der Waals surface area contributed by atoms with E-state index in [0.717, 1.165) is 37.2 Å². The lowest BCUT2D eigenvalue weighted by molar-refractivity contribution is -0.116. The zero-order chi connectivity index (χ0) is 17.5. The zero-order valence-corrected chi connectivity index (χ0v) is 17.4. The molecular weight excluding hydrogens is 373 g/mol. The van der Waals surface area contributed by atoms with Gasteiger partial charge in [0.2, 0.25) is 11.9 Å². The predicted octanol–water partition coefficient (Wildman–Crippen LogP) is 3.29. The molecule has 1 atom stereocenters. The van der Waals surface area contributed by atoms with Crippen LogP contribution in [-0.4, -0.2) is 46.0 Å². The number of nitrogens with two attached hydrogens (primary N) is 1. The fourth-order valence-electron chi connectivity index (χ4n) is 2.72. The van der Waals surface area contributed by atoms with Crippen molar-refractivity contribution in [3.63, 3.8) is 0 Å². The number of anilines is 1. The van der Waals surface area contributed by atoms with Gasteiger partial charge >= 0.3 is 0 Å². The van der Waals surface area contributed by atoms with Crippen LogP contribution in [0.2, 0.25) is 0 Å². The molecule has 1 unspecified atom stereocenters. The molecule has 0 saturated carbocycles. The fourth-order valence-corrected chi connectivity index (χ4v) is 2.72. The first kappa shape index (κ1) is 24.7. The van der Waals surface area contributed by atoms with E-state index in [9.17, 15) is 4.79 Å². The first-order valence-corrected chi connectivity index (χ1v) is 8.78. The van der Waals surface area contributed by atoms with Crippen molar-refractivity contribution in [2.24, 2.45) is 5.73 Å². The van der Waals surface area contributed by atoms with Gasteiger partial charge in [0, 0.05) is 25.6 Å². The summed E-state index contributed by atoms with van der Waals surface area (Å²) in [7, 11) is 0. The first-order chi connectivity index (χ1) is 11.5. The van der Waals surface area contributed by atoms with Crippen molar-refractivity contribution in [1.29, 1.82) is 0 Å². The largest absolute Gasteiger partial charge is 0.328 e. The number of rotatable bonds is 9. The van der Waals surface area contributed by atoms with E-state index in [2.05, 4.69) is 33.6 Å². The molecule has 0 fully saturated rings. The van der Waals surface area contributed by atoms with Gasteiger partial charge in [0.05, 0.1) is 11.0 Å². The Morgan fingerprint density at radius 1 is 1.27 bits per heavy atom. The van der Waals surface area contributed by atoms with Crippen molar-refractivity contribution >= 4 is 47.7 Å². The van der Waals surface area contributed by atoms with Crippen molar-refractivity contribution in [3.05, 3.63) is 24.3 Å². The van der Waals surface area contributed by atoms with Crippen LogP contribution in [0.15, 0.2) is 24.3 Å². The molecule has 148 valence electrons. The maximum atomic E-state index is 12.2. The van der Waals surface area contributed by atoms with Crippen molar-refractivity contribution in [2.75, 3.05) is 25.0 Å².